The van der Waals surface area contributed by atoms with E-state index in [0.29, 0.717) is 6.42 Å². The fourth-order valence-electron chi connectivity index (χ4n) is 1.14. The normalized spacial score (nSPS) is 14.4. The van der Waals surface area contributed by atoms with Gasteiger partial charge in [-0.05, 0) is 0 Å². The third kappa shape index (κ3) is 3.97. The van der Waals surface area contributed by atoms with Gasteiger partial charge in [-0.25, -0.2) is 4.98 Å². The van der Waals surface area contributed by atoms with Crippen LogP contribution in [-0.4, -0.2) is 51.4 Å². The van der Waals surface area contributed by atoms with Crippen LogP contribution in [0.2, 0.25) is 0 Å². The second kappa shape index (κ2) is 6.21. The van der Waals surface area contributed by atoms with E-state index >= 15 is 0 Å². The Morgan fingerprint density at radius 2 is 2.44 bits per heavy atom. The minimum Gasteiger partial charge on any atom is -0.394 e. The van der Waals surface area contributed by atoms with Crippen LogP contribution in [0.25, 0.3) is 0 Å². The van der Waals surface area contributed by atoms with Gasteiger partial charge in [0.2, 0.25) is 5.91 Å². The number of carbonyl (C=O) groups excluding carboxylic acids is 1. The van der Waals surface area contributed by atoms with Gasteiger partial charge in [-0.3, -0.25) is 4.79 Å². The zero-order valence-electron chi connectivity index (χ0n) is 8.76. The van der Waals surface area contributed by atoms with Crippen LogP contribution in [0.1, 0.15) is 5.69 Å². The molecule has 1 unspecified atom stereocenters. The van der Waals surface area contributed by atoms with Crippen LogP contribution in [0.4, 0.5) is 0 Å². The maximum absolute atomic E-state index is 11.4. The zero-order valence-corrected chi connectivity index (χ0v) is 8.76. The fraction of sp³-hybridized carbons (Fsp3) is 0.556. The number of aromatic amines is 1. The van der Waals surface area contributed by atoms with Gasteiger partial charge in [0.05, 0.1) is 25.1 Å². The molecular formula is C9H16N4O3. The number of nitrogens with one attached hydrogen (secondary N) is 2. The largest absolute Gasteiger partial charge is 0.394 e. The third-order valence-electron chi connectivity index (χ3n) is 2.05. The molecular weight excluding hydrogens is 212 g/mol. The number of aliphatic hydroxyl groups excluding tert-OH is 2. The number of H-pyrrole nitrogens is 1. The number of amides is 1. The van der Waals surface area contributed by atoms with Crippen molar-refractivity contribution in [1.29, 1.82) is 0 Å². The summed E-state index contributed by atoms with van der Waals surface area (Å²) in [6, 6.07) is -0.702. The predicted octanol–water partition coefficient (Wildman–Crippen LogP) is -2.25. The summed E-state index contributed by atoms with van der Waals surface area (Å²) in [6.07, 6.45) is 2.50. The molecule has 0 bridgehead atoms. The van der Waals surface area contributed by atoms with Gasteiger partial charge in [0, 0.05) is 24.9 Å². The first-order chi connectivity index (χ1) is 7.63. The Morgan fingerprint density at radius 3 is 3.00 bits per heavy atom. The van der Waals surface area contributed by atoms with E-state index in [1.807, 2.05) is 0 Å². The average molecular weight is 228 g/mol. The topological polar surface area (TPSA) is 124 Å². The molecule has 0 radical (unpaired) electrons. The van der Waals surface area contributed by atoms with E-state index < -0.39 is 18.8 Å². The molecule has 6 N–H and O–H groups in total. The molecule has 0 aromatic carbocycles. The van der Waals surface area contributed by atoms with Crippen LogP contribution < -0.4 is 11.1 Å². The van der Waals surface area contributed by atoms with Crippen molar-refractivity contribution in [2.75, 3.05) is 13.2 Å². The van der Waals surface area contributed by atoms with E-state index in [2.05, 4.69) is 15.3 Å². The highest BCUT2D eigenvalue weighted by Gasteiger charge is 2.15. The van der Waals surface area contributed by atoms with Crippen LogP contribution in [0.15, 0.2) is 12.5 Å². The number of carbonyl (C=O) groups is 1. The van der Waals surface area contributed by atoms with E-state index in [9.17, 15) is 4.79 Å². The van der Waals surface area contributed by atoms with E-state index in [4.69, 9.17) is 15.9 Å². The Bertz CT molecular complexity index is 315. The molecule has 0 aliphatic carbocycles. The van der Waals surface area contributed by atoms with E-state index in [1.54, 1.807) is 6.20 Å². The predicted molar refractivity (Wildman–Crippen MR) is 56.4 cm³/mol. The number of nitrogens with two attached hydrogens (primary N) is 1. The van der Waals surface area contributed by atoms with Crippen molar-refractivity contribution in [3.05, 3.63) is 18.2 Å². The Balaban J connectivity index is 2.31. The van der Waals surface area contributed by atoms with Gasteiger partial charge >= 0.3 is 0 Å². The number of rotatable bonds is 6. The molecule has 1 amide bonds. The number of hydrogen-bond donors (Lipinski definition) is 5. The van der Waals surface area contributed by atoms with Gasteiger partial charge < -0.3 is 26.2 Å². The molecule has 1 aromatic heterocycles. The zero-order chi connectivity index (χ0) is 12.0. The monoisotopic (exact) mass is 228 g/mol. The van der Waals surface area contributed by atoms with Gasteiger partial charge in [0.15, 0.2) is 0 Å². The molecule has 0 saturated carbocycles. The number of aromatic nitrogens is 2. The van der Waals surface area contributed by atoms with Crippen LogP contribution in [0.5, 0.6) is 0 Å². The molecule has 0 spiro atoms. The highest BCUT2D eigenvalue weighted by atomic mass is 16.3. The molecule has 1 heterocycles. The molecule has 1 rings (SSSR count). The number of hydrogen-bond acceptors (Lipinski definition) is 5. The lowest BCUT2D eigenvalue weighted by molar-refractivity contribution is -0.122. The molecule has 0 aliphatic heterocycles. The average Bonchev–Trinajstić information content (AvgIpc) is 2.77. The lowest BCUT2D eigenvalue weighted by Crippen LogP contribution is -2.45. The van der Waals surface area contributed by atoms with Crippen molar-refractivity contribution < 1.29 is 15.0 Å². The lowest BCUT2D eigenvalue weighted by Gasteiger charge is -2.13. The van der Waals surface area contributed by atoms with Crippen molar-refractivity contribution in [2.24, 2.45) is 5.73 Å². The third-order valence-corrected chi connectivity index (χ3v) is 2.05. The summed E-state index contributed by atoms with van der Waals surface area (Å²) in [5.41, 5.74) is 6.40. The van der Waals surface area contributed by atoms with Crippen LogP contribution >= 0.6 is 0 Å². The Labute approximate surface area is 92.7 Å². The summed E-state index contributed by atoms with van der Waals surface area (Å²) in [5.74, 6) is -0.373. The quantitative estimate of drug-likeness (QED) is 0.376. The smallest absolute Gasteiger partial charge is 0.237 e. The molecule has 0 fully saturated rings. The highest BCUT2D eigenvalue weighted by Crippen LogP contribution is 1.96. The lowest BCUT2D eigenvalue weighted by atomic mass is 10.1. The first-order valence-electron chi connectivity index (χ1n) is 4.93. The maximum Gasteiger partial charge on any atom is 0.237 e. The molecule has 2 atom stereocenters. The summed E-state index contributed by atoms with van der Waals surface area (Å²) in [4.78, 5) is 18.1. The molecule has 0 saturated heterocycles. The Morgan fingerprint density at radius 1 is 1.69 bits per heavy atom. The minimum atomic E-state index is -0.955. The standard InChI is InChI=1S/C9H16N4O3/c10-8(1-6-2-11-5-13-6)9(16)12-3-7(15)4-14/h2,5,7-8,14-15H,1,3-4,10H2,(H,11,13)(H,12,16)/t7?,8-/m0/s1. The Kier molecular flexibility index (Phi) is 4.90. The second-order valence-corrected chi connectivity index (χ2v) is 3.47. The van der Waals surface area contributed by atoms with Crippen LogP contribution in [-0.2, 0) is 11.2 Å². The highest BCUT2D eigenvalue weighted by molar-refractivity contribution is 5.81. The number of aliphatic hydroxyl groups is 2. The summed E-state index contributed by atoms with van der Waals surface area (Å²) < 4.78 is 0. The Hall–Kier alpha value is -1.44. The summed E-state index contributed by atoms with van der Waals surface area (Å²) in [5, 5.41) is 20.0. The number of nitrogens with zero attached hydrogens (tertiary/aromatic N) is 1. The minimum absolute atomic E-state index is 0.00793. The van der Waals surface area contributed by atoms with Crippen molar-refractivity contribution >= 4 is 5.91 Å². The molecule has 1 aromatic rings. The van der Waals surface area contributed by atoms with Crippen molar-refractivity contribution in [2.45, 2.75) is 18.6 Å². The van der Waals surface area contributed by atoms with Crippen LogP contribution in [0.3, 0.4) is 0 Å². The summed E-state index contributed by atoms with van der Waals surface area (Å²) in [6.45, 7) is -0.401. The van der Waals surface area contributed by atoms with Crippen LogP contribution in [0, 0.1) is 0 Å². The van der Waals surface area contributed by atoms with E-state index in [0.717, 1.165) is 5.69 Å². The molecule has 7 nitrogen and oxygen atoms in total. The number of imidazole rings is 1. The second-order valence-electron chi connectivity index (χ2n) is 3.47. The first kappa shape index (κ1) is 12.6. The molecule has 7 heteroatoms. The summed E-state index contributed by atoms with van der Waals surface area (Å²) in [7, 11) is 0. The molecule has 16 heavy (non-hydrogen) atoms. The van der Waals surface area contributed by atoms with Crippen molar-refractivity contribution in [1.82, 2.24) is 15.3 Å². The maximum atomic E-state index is 11.4. The van der Waals surface area contributed by atoms with Gasteiger partial charge in [0.25, 0.3) is 0 Å². The molecule has 90 valence electrons. The van der Waals surface area contributed by atoms with Crippen molar-refractivity contribution in [3.8, 4) is 0 Å². The summed E-state index contributed by atoms with van der Waals surface area (Å²) >= 11 is 0. The van der Waals surface area contributed by atoms with Gasteiger partial charge in [-0.15, -0.1) is 0 Å². The van der Waals surface area contributed by atoms with Gasteiger partial charge in [-0.1, -0.05) is 0 Å². The molecule has 0 aliphatic rings. The van der Waals surface area contributed by atoms with E-state index in [1.165, 1.54) is 6.33 Å². The first-order valence-corrected chi connectivity index (χ1v) is 4.93. The fourth-order valence-corrected chi connectivity index (χ4v) is 1.14. The van der Waals surface area contributed by atoms with E-state index in [-0.39, 0.29) is 12.5 Å². The SMILES string of the molecule is N[C@@H](Cc1cnc[nH]1)C(=O)NCC(O)CO. The van der Waals surface area contributed by atoms with Gasteiger partial charge in [0.1, 0.15) is 0 Å². The van der Waals surface area contributed by atoms with Gasteiger partial charge in [-0.2, -0.15) is 0 Å². The van der Waals surface area contributed by atoms with Crippen molar-refractivity contribution in [3.63, 3.8) is 0 Å².